The smallest absolute Gasteiger partial charge is 2.00 e. The second-order valence-corrected chi connectivity index (χ2v) is 0. The summed E-state index contributed by atoms with van der Waals surface area (Å²) in [6.07, 6.45) is 0. The normalized spacial score (nSPS) is 0. The molecule has 0 aliphatic rings. The molecule has 0 amide bonds. The van der Waals surface area contributed by atoms with Crippen LogP contribution in [0.3, 0.4) is 0 Å². The fraction of sp³-hybridized carbons (Fsp3) is 0. The Morgan fingerprint density at radius 3 is 0.500 bits per heavy atom. The molecule has 0 rings (SSSR count). The van der Waals surface area contributed by atoms with Crippen molar-refractivity contribution < 1.29 is 44.3 Å². The maximum atomic E-state index is 0. The molecule has 0 spiro atoms. The molecule has 0 bridgehead atoms. The molecule has 32 valence electrons. The molecule has 4 nitrogen and oxygen atoms in total. The van der Waals surface area contributed by atoms with Gasteiger partial charge in [0, 0.05) is 0 Å². The molecule has 0 atom stereocenters. The van der Waals surface area contributed by atoms with Crippen molar-refractivity contribution in [3.8, 4) is 0 Å². The van der Waals surface area contributed by atoms with Gasteiger partial charge in [-0.15, -0.1) is 0 Å². The van der Waals surface area contributed by atoms with Gasteiger partial charge in [-0.05, 0) is 0 Å². The van der Waals surface area contributed by atoms with Crippen LogP contribution >= 0.6 is 0 Å². The van der Waals surface area contributed by atoms with Gasteiger partial charge in [-0.25, -0.2) is 0 Å². The quantitative estimate of drug-likeness (QED) is 0.511. The summed E-state index contributed by atoms with van der Waals surface area (Å²) in [5.41, 5.74) is 0. The minimum atomic E-state index is 0. The minimum Gasteiger partial charge on any atom is -2.00 e. The van der Waals surface area contributed by atoms with Gasteiger partial charge >= 0.3 is 39.7 Å². The number of rotatable bonds is 0. The summed E-state index contributed by atoms with van der Waals surface area (Å²) < 4.78 is 0. The number of hydrogen-bond acceptors (Lipinski definition) is 0. The van der Waals surface area contributed by atoms with E-state index >= 15 is 0 Å². The molecular weight excluding hydrogens is 272 g/mol. The predicted octanol–water partition coefficient (Wildman–Crippen LogP) is -0.859. The molecule has 0 saturated carbocycles. The molecule has 0 fully saturated rings. The first kappa shape index (κ1) is 215. The predicted molar refractivity (Wildman–Crippen MR) is 8.50 cm³/mol. The first-order valence-corrected chi connectivity index (χ1v) is 0. The van der Waals surface area contributed by atoms with E-state index in [9.17, 15) is 0 Å². The van der Waals surface area contributed by atoms with Gasteiger partial charge in [0.1, 0.15) is 0 Å². The van der Waals surface area contributed by atoms with Crippen LogP contribution in [0.4, 0.5) is 0 Å². The zero-order valence-electron chi connectivity index (χ0n) is 2.66. The van der Waals surface area contributed by atoms with Crippen molar-refractivity contribution in [2.75, 3.05) is 0 Å². The van der Waals surface area contributed by atoms with Crippen LogP contribution in [0.5, 0.6) is 0 Å². The molecule has 0 N–H and O–H groups in total. The average Bonchev–Trinajstić information content (AvgIpc) is 0. The van der Waals surface area contributed by atoms with Crippen LogP contribution < -0.4 is 0 Å². The Balaban J connectivity index is 0. The Bertz CT molecular complexity index is 7.51. The van der Waals surface area contributed by atoms with Crippen molar-refractivity contribution in [3.05, 3.63) is 0 Å². The van der Waals surface area contributed by atoms with Gasteiger partial charge in [-0.3, -0.25) is 0 Å². The Hall–Kier alpha value is 1.11. The summed E-state index contributed by atoms with van der Waals surface area (Å²) in [7, 11) is 0. The van der Waals surface area contributed by atoms with Crippen LogP contribution in [0.1, 0.15) is 0 Å². The summed E-state index contributed by atoms with van der Waals surface area (Å²) >= 11 is 0. The molecule has 6 heavy (non-hydrogen) atoms. The van der Waals surface area contributed by atoms with Crippen molar-refractivity contribution in [1.29, 1.82) is 0 Å². The Morgan fingerprint density at radius 1 is 0.500 bits per heavy atom. The van der Waals surface area contributed by atoms with Gasteiger partial charge < -0.3 is 21.9 Å². The largest absolute Gasteiger partial charge is 5.00 e. The average molecular weight is 272 g/mol. The fourth-order valence-electron chi connectivity index (χ4n) is 0. The SMILES string of the molecule is [Al+3].[O-2].[O-2].[O-2].[O-2].[Ta+5]. The third kappa shape index (κ3) is 69.8. The maximum absolute atomic E-state index is 0. The molecule has 0 aromatic heterocycles. The van der Waals surface area contributed by atoms with E-state index in [1.54, 1.807) is 0 Å². The summed E-state index contributed by atoms with van der Waals surface area (Å²) in [6.45, 7) is 0. The van der Waals surface area contributed by atoms with E-state index in [0.717, 1.165) is 0 Å². The van der Waals surface area contributed by atoms with E-state index in [4.69, 9.17) is 0 Å². The molecule has 0 unspecified atom stereocenters. The van der Waals surface area contributed by atoms with Crippen molar-refractivity contribution in [2.24, 2.45) is 0 Å². The van der Waals surface area contributed by atoms with Crippen LogP contribution in [0.2, 0.25) is 0 Å². The van der Waals surface area contributed by atoms with Gasteiger partial charge in [-0.1, -0.05) is 0 Å². The molecule has 0 heterocycles. The molecule has 0 saturated heterocycles. The third-order valence-corrected chi connectivity index (χ3v) is 0. The summed E-state index contributed by atoms with van der Waals surface area (Å²) in [6, 6.07) is 0. The second-order valence-electron chi connectivity index (χ2n) is 0. The van der Waals surface area contributed by atoms with Crippen LogP contribution in [0.25, 0.3) is 0 Å². The van der Waals surface area contributed by atoms with Crippen molar-refractivity contribution in [1.82, 2.24) is 0 Å². The van der Waals surface area contributed by atoms with E-state index in [0.29, 0.717) is 0 Å². The van der Waals surface area contributed by atoms with Crippen LogP contribution in [-0.2, 0) is 44.3 Å². The minimum absolute atomic E-state index is 0. The van der Waals surface area contributed by atoms with Crippen molar-refractivity contribution >= 4 is 17.4 Å². The maximum Gasteiger partial charge on any atom is 5.00 e. The molecular formula is AlO4Ta. The summed E-state index contributed by atoms with van der Waals surface area (Å²) in [5, 5.41) is 0. The monoisotopic (exact) mass is 272 g/mol. The van der Waals surface area contributed by atoms with Gasteiger partial charge in [0.2, 0.25) is 0 Å². The first-order valence-electron chi connectivity index (χ1n) is 0. The molecule has 0 aromatic rings. The Kier molecular flexibility index (Phi) is 4620. The zero-order valence-corrected chi connectivity index (χ0v) is 7.03. The van der Waals surface area contributed by atoms with Crippen LogP contribution in [0.15, 0.2) is 0 Å². The van der Waals surface area contributed by atoms with Gasteiger partial charge in [-0.2, -0.15) is 0 Å². The topological polar surface area (TPSA) is 114 Å². The van der Waals surface area contributed by atoms with Crippen LogP contribution in [0, 0.1) is 0 Å². The molecule has 6 heteroatoms. The van der Waals surface area contributed by atoms with Gasteiger partial charge in [0.05, 0.1) is 0 Å². The van der Waals surface area contributed by atoms with E-state index in [2.05, 4.69) is 0 Å². The van der Waals surface area contributed by atoms with E-state index in [1.807, 2.05) is 0 Å². The fourth-order valence-corrected chi connectivity index (χ4v) is 0. The zero-order chi connectivity index (χ0) is 0. The standard InChI is InChI=1S/Al.4O.Ta/q+3;4*-2;+5. The molecule has 0 aliphatic carbocycles. The second kappa shape index (κ2) is 129. The summed E-state index contributed by atoms with van der Waals surface area (Å²) in [5.74, 6) is 0. The molecule has 0 radical (unpaired) electrons. The molecule has 0 aliphatic heterocycles. The van der Waals surface area contributed by atoms with E-state index < -0.39 is 0 Å². The van der Waals surface area contributed by atoms with Crippen molar-refractivity contribution in [2.45, 2.75) is 0 Å². The Labute approximate surface area is 61.8 Å². The van der Waals surface area contributed by atoms with E-state index in [-0.39, 0.29) is 61.6 Å². The first-order chi connectivity index (χ1) is 0. The molecule has 0 aromatic carbocycles. The Morgan fingerprint density at radius 2 is 0.500 bits per heavy atom. The van der Waals surface area contributed by atoms with Crippen molar-refractivity contribution in [3.63, 3.8) is 0 Å². The summed E-state index contributed by atoms with van der Waals surface area (Å²) in [4.78, 5) is 0. The van der Waals surface area contributed by atoms with Gasteiger partial charge in [0.25, 0.3) is 0 Å². The van der Waals surface area contributed by atoms with Crippen LogP contribution in [-0.4, -0.2) is 17.4 Å². The third-order valence-electron chi connectivity index (χ3n) is 0. The van der Waals surface area contributed by atoms with E-state index in [1.165, 1.54) is 0 Å². The van der Waals surface area contributed by atoms with Gasteiger partial charge in [0.15, 0.2) is 0 Å². The number of hydrogen-bond donors (Lipinski definition) is 0.